The van der Waals surface area contributed by atoms with Gasteiger partial charge in [-0.15, -0.1) is 0 Å². The molecular formula is C17H22ClNO3. The van der Waals surface area contributed by atoms with Gasteiger partial charge in [0.25, 0.3) is 0 Å². The minimum Gasteiger partial charge on any atom is -0.497 e. The molecule has 5 heteroatoms. The Kier molecular flexibility index (Phi) is 5.78. The Morgan fingerprint density at radius 3 is 2.23 bits per heavy atom. The maximum absolute atomic E-state index is 11.9. The molecule has 1 heterocycles. The molecule has 1 aliphatic heterocycles. The van der Waals surface area contributed by atoms with E-state index in [0.29, 0.717) is 0 Å². The summed E-state index contributed by atoms with van der Waals surface area (Å²) in [4.78, 5) is 22.9. The molecule has 0 radical (unpaired) electrons. The van der Waals surface area contributed by atoms with Crippen molar-refractivity contribution in [3.63, 3.8) is 0 Å². The number of nitrogens with zero attached hydrogens (tertiary/aromatic N) is 1. The summed E-state index contributed by atoms with van der Waals surface area (Å²) in [5.74, 6) is 0.861. The van der Waals surface area contributed by atoms with Crippen LogP contribution in [0, 0.1) is 0 Å². The SMILES string of the molecule is CC(=O)Cl.COc1ccc2c(c1)C(C)=CC(C)(C)N2C(C)=O. The number of hydrogen-bond acceptors (Lipinski definition) is 3. The number of rotatable bonds is 1. The summed E-state index contributed by atoms with van der Waals surface area (Å²) in [6, 6.07) is 5.82. The minimum atomic E-state index is -0.361. The van der Waals surface area contributed by atoms with Crippen LogP contribution in [0.5, 0.6) is 5.75 Å². The van der Waals surface area contributed by atoms with Crippen LogP contribution in [-0.4, -0.2) is 23.8 Å². The maximum atomic E-state index is 11.9. The van der Waals surface area contributed by atoms with Gasteiger partial charge in [-0.05, 0) is 56.1 Å². The molecule has 1 aromatic carbocycles. The number of benzene rings is 1. The third kappa shape index (κ3) is 4.10. The molecule has 22 heavy (non-hydrogen) atoms. The molecule has 1 aliphatic rings. The van der Waals surface area contributed by atoms with Gasteiger partial charge in [-0.2, -0.15) is 0 Å². The number of allylic oxidation sites excluding steroid dienone is 1. The molecule has 0 bridgehead atoms. The number of ether oxygens (including phenoxy) is 1. The lowest BCUT2D eigenvalue weighted by molar-refractivity contribution is -0.117. The van der Waals surface area contributed by atoms with Crippen LogP contribution in [0.15, 0.2) is 24.3 Å². The standard InChI is InChI=1S/C15H19NO2.C2H3ClO/c1-10-9-15(3,4)16(11(2)17)14-7-6-12(18-5)8-13(10)14;1-2(3)4/h6-9H,1-5H3;1H3. The number of fused-ring (bicyclic) bond motifs is 1. The second kappa shape index (κ2) is 6.97. The predicted molar refractivity (Wildman–Crippen MR) is 90.4 cm³/mol. The van der Waals surface area contributed by atoms with Crippen LogP contribution in [-0.2, 0) is 9.59 Å². The quantitative estimate of drug-likeness (QED) is 0.733. The maximum Gasteiger partial charge on any atom is 0.224 e. The highest BCUT2D eigenvalue weighted by Crippen LogP contribution is 2.40. The van der Waals surface area contributed by atoms with Crippen LogP contribution in [0.4, 0.5) is 5.69 Å². The van der Waals surface area contributed by atoms with Crippen LogP contribution in [0.3, 0.4) is 0 Å². The molecule has 2 rings (SSSR count). The molecule has 1 aromatic rings. The summed E-state index contributed by atoms with van der Waals surface area (Å²) in [5.41, 5.74) is 2.89. The van der Waals surface area contributed by atoms with Gasteiger partial charge in [0.1, 0.15) is 5.75 Å². The number of anilines is 1. The summed E-state index contributed by atoms with van der Waals surface area (Å²) in [5, 5.41) is -0.361. The zero-order chi connectivity index (χ0) is 17.1. The Hall–Kier alpha value is -1.81. The molecule has 0 spiro atoms. The smallest absolute Gasteiger partial charge is 0.224 e. The van der Waals surface area contributed by atoms with Crippen molar-refractivity contribution in [3.05, 3.63) is 29.8 Å². The fraction of sp³-hybridized carbons (Fsp3) is 0.412. The van der Waals surface area contributed by atoms with Crippen molar-refractivity contribution in [3.8, 4) is 5.75 Å². The number of amides is 1. The largest absolute Gasteiger partial charge is 0.497 e. The van der Waals surface area contributed by atoms with E-state index in [2.05, 4.69) is 24.6 Å². The number of carbonyl (C=O) groups is 2. The molecule has 0 atom stereocenters. The van der Waals surface area contributed by atoms with Crippen LogP contribution in [0.1, 0.15) is 40.2 Å². The zero-order valence-electron chi connectivity index (χ0n) is 13.9. The van der Waals surface area contributed by atoms with E-state index in [9.17, 15) is 9.59 Å². The Balaban J connectivity index is 0.000000541. The molecule has 0 N–H and O–H groups in total. The molecule has 120 valence electrons. The highest BCUT2D eigenvalue weighted by molar-refractivity contribution is 6.62. The number of carbonyl (C=O) groups excluding carboxylic acids is 2. The molecule has 4 nitrogen and oxygen atoms in total. The molecule has 0 aliphatic carbocycles. The highest BCUT2D eigenvalue weighted by atomic mass is 35.5. The molecular weight excluding hydrogens is 302 g/mol. The van der Waals surface area contributed by atoms with Gasteiger partial charge >= 0.3 is 0 Å². The normalized spacial score (nSPS) is 15.0. The van der Waals surface area contributed by atoms with Crippen molar-refractivity contribution in [2.75, 3.05) is 12.0 Å². The van der Waals surface area contributed by atoms with Gasteiger partial charge < -0.3 is 9.64 Å². The fourth-order valence-corrected chi connectivity index (χ4v) is 2.71. The molecule has 1 amide bonds. The summed E-state index contributed by atoms with van der Waals surface area (Å²) in [6.07, 6.45) is 2.12. The van der Waals surface area contributed by atoms with Gasteiger partial charge in [0.15, 0.2) is 0 Å². The lowest BCUT2D eigenvalue weighted by atomic mass is 9.88. The molecule has 0 unspecified atom stereocenters. The number of methoxy groups -OCH3 is 1. The Morgan fingerprint density at radius 1 is 1.23 bits per heavy atom. The first-order chi connectivity index (χ1) is 10.1. The van der Waals surface area contributed by atoms with Crippen LogP contribution < -0.4 is 9.64 Å². The lowest BCUT2D eigenvalue weighted by Gasteiger charge is -2.41. The van der Waals surface area contributed by atoms with E-state index >= 15 is 0 Å². The predicted octanol–water partition coefficient (Wildman–Crippen LogP) is 4.02. The monoisotopic (exact) mass is 323 g/mol. The van der Waals surface area contributed by atoms with Crippen LogP contribution >= 0.6 is 11.6 Å². The topological polar surface area (TPSA) is 46.6 Å². The minimum absolute atomic E-state index is 0.0511. The molecule has 0 saturated carbocycles. The molecule has 0 fully saturated rings. The third-order valence-electron chi connectivity index (χ3n) is 3.33. The van der Waals surface area contributed by atoms with Crippen LogP contribution in [0.25, 0.3) is 5.57 Å². The lowest BCUT2D eigenvalue weighted by Crippen LogP contribution is -2.47. The van der Waals surface area contributed by atoms with E-state index in [1.54, 1.807) is 14.0 Å². The number of hydrogen-bond donors (Lipinski definition) is 0. The summed E-state index contributed by atoms with van der Waals surface area (Å²) in [6.45, 7) is 9.06. The van der Waals surface area contributed by atoms with E-state index in [0.717, 1.165) is 17.0 Å². The first-order valence-corrected chi connectivity index (χ1v) is 7.32. The van der Waals surface area contributed by atoms with Gasteiger partial charge in [0.2, 0.25) is 11.1 Å². The van der Waals surface area contributed by atoms with Crippen molar-refractivity contribution in [2.45, 2.75) is 40.2 Å². The van der Waals surface area contributed by atoms with E-state index in [4.69, 9.17) is 4.74 Å². The molecule has 0 aromatic heterocycles. The van der Waals surface area contributed by atoms with E-state index in [-0.39, 0.29) is 16.7 Å². The van der Waals surface area contributed by atoms with Crippen molar-refractivity contribution in [2.24, 2.45) is 0 Å². The Morgan fingerprint density at radius 2 is 1.77 bits per heavy atom. The van der Waals surface area contributed by atoms with E-state index in [1.807, 2.05) is 36.9 Å². The van der Waals surface area contributed by atoms with Gasteiger partial charge in [0.05, 0.1) is 18.3 Å². The van der Waals surface area contributed by atoms with E-state index < -0.39 is 0 Å². The summed E-state index contributed by atoms with van der Waals surface area (Å²) < 4.78 is 5.25. The fourth-order valence-electron chi connectivity index (χ4n) is 2.71. The first-order valence-electron chi connectivity index (χ1n) is 6.95. The summed E-state index contributed by atoms with van der Waals surface area (Å²) >= 11 is 4.64. The highest BCUT2D eigenvalue weighted by Gasteiger charge is 2.33. The first kappa shape index (κ1) is 18.2. The Bertz CT molecular complexity index is 616. The Labute approximate surface area is 136 Å². The van der Waals surface area contributed by atoms with Crippen LogP contribution in [0.2, 0.25) is 0 Å². The van der Waals surface area contributed by atoms with Crippen molar-refractivity contribution < 1.29 is 14.3 Å². The second-order valence-corrected chi connectivity index (χ2v) is 6.22. The van der Waals surface area contributed by atoms with Crippen molar-refractivity contribution >= 4 is 34.0 Å². The van der Waals surface area contributed by atoms with E-state index in [1.165, 1.54) is 12.5 Å². The average Bonchev–Trinajstić information content (AvgIpc) is 2.36. The zero-order valence-corrected chi connectivity index (χ0v) is 14.6. The number of halogens is 1. The molecule has 0 saturated heterocycles. The van der Waals surface area contributed by atoms with Gasteiger partial charge in [0, 0.05) is 19.4 Å². The van der Waals surface area contributed by atoms with Crippen molar-refractivity contribution in [1.82, 2.24) is 0 Å². The van der Waals surface area contributed by atoms with Gasteiger partial charge in [-0.1, -0.05) is 6.08 Å². The van der Waals surface area contributed by atoms with Gasteiger partial charge in [-0.3, -0.25) is 9.59 Å². The van der Waals surface area contributed by atoms with Gasteiger partial charge in [-0.25, -0.2) is 0 Å². The average molecular weight is 324 g/mol. The van der Waals surface area contributed by atoms with Crippen molar-refractivity contribution in [1.29, 1.82) is 0 Å². The second-order valence-electron chi connectivity index (χ2n) is 5.69. The third-order valence-corrected chi connectivity index (χ3v) is 3.33. The summed E-state index contributed by atoms with van der Waals surface area (Å²) in [7, 11) is 1.65.